The molecule has 1 amide bonds. The average molecular weight is 393 g/mol. The standard InChI is InChI=1S/C13H8BrF3N2O2S/c1-7(21)19(12-18-10(6-20)11(14)22-12)9-4-2-3-8(5-9)13(15,16)17/h2-6H,1H3. The molecule has 9 heteroatoms. The summed E-state index contributed by atoms with van der Waals surface area (Å²) in [6.45, 7) is 1.20. The first-order chi connectivity index (χ1) is 10.2. The van der Waals surface area contributed by atoms with Crippen molar-refractivity contribution in [2.45, 2.75) is 13.1 Å². The Morgan fingerprint density at radius 3 is 2.59 bits per heavy atom. The number of hydrogen-bond acceptors (Lipinski definition) is 4. The molecule has 0 spiro atoms. The molecule has 1 aromatic heterocycles. The predicted octanol–water partition coefficient (Wildman–Crippen LogP) is 4.42. The fourth-order valence-electron chi connectivity index (χ4n) is 1.72. The highest BCUT2D eigenvalue weighted by Gasteiger charge is 2.31. The zero-order chi connectivity index (χ0) is 16.5. The van der Waals surface area contributed by atoms with E-state index in [1.807, 2.05) is 0 Å². The summed E-state index contributed by atoms with van der Waals surface area (Å²) in [5.74, 6) is -0.516. The SMILES string of the molecule is CC(=O)N(c1cccc(C(F)(F)F)c1)c1nc(C=O)c(Br)s1. The van der Waals surface area contributed by atoms with Crippen LogP contribution in [0.1, 0.15) is 23.0 Å². The minimum Gasteiger partial charge on any atom is -0.296 e. The summed E-state index contributed by atoms with van der Waals surface area (Å²) >= 11 is 4.10. The van der Waals surface area contributed by atoms with E-state index in [1.165, 1.54) is 19.1 Å². The van der Waals surface area contributed by atoms with Crippen molar-refractivity contribution in [3.8, 4) is 0 Å². The molecule has 0 aliphatic rings. The molecule has 1 heterocycles. The molecule has 0 aliphatic heterocycles. The second kappa shape index (κ2) is 6.17. The molecule has 1 aromatic carbocycles. The molecule has 22 heavy (non-hydrogen) atoms. The first kappa shape index (κ1) is 16.6. The average Bonchev–Trinajstić information content (AvgIpc) is 2.78. The zero-order valence-electron chi connectivity index (χ0n) is 11.0. The number of anilines is 2. The van der Waals surface area contributed by atoms with Gasteiger partial charge >= 0.3 is 6.18 Å². The number of alkyl halides is 3. The third-order valence-electron chi connectivity index (χ3n) is 2.65. The van der Waals surface area contributed by atoms with Crippen LogP contribution in [0.4, 0.5) is 24.0 Å². The predicted molar refractivity (Wildman–Crippen MR) is 79.5 cm³/mol. The molecule has 0 aliphatic carbocycles. The number of aldehydes is 1. The Kier molecular flexibility index (Phi) is 4.66. The van der Waals surface area contributed by atoms with Gasteiger partial charge in [-0.1, -0.05) is 17.4 Å². The number of aromatic nitrogens is 1. The first-order valence-corrected chi connectivity index (χ1v) is 7.44. The maximum atomic E-state index is 12.8. The largest absolute Gasteiger partial charge is 0.416 e. The van der Waals surface area contributed by atoms with E-state index in [-0.39, 0.29) is 16.5 Å². The van der Waals surface area contributed by atoms with Crippen LogP contribution in [0.3, 0.4) is 0 Å². The summed E-state index contributed by atoms with van der Waals surface area (Å²) < 4.78 is 38.8. The molecule has 0 unspecified atom stereocenters. The van der Waals surface area contributed by atoms with Gasteiger partial charge in [-0.3, -0.25) is 14.5 Å². The first-order valence-electron chi connectivity index (χ1n) is 5.83. The van der Waals surface area contributed by atoms with E-state index in [2.05, 4.69) is 20.9 Å². The lowest BCUT2D eigenvalue weighted by molar-refractivity contribution is -0.137. The third-order valence-corrected chi connectivity index (χ3v) is 4.38. The van der Waals surface area contributed by atoms with Gasteiger partial charge in [0.2, 0.25) is 5.91 Å². The fraction of sp³-hybridized carbons (Fsp3) is 0.154. The Balaban J connectivity index is 2.53. The van der Waals surface area contributed by atoms with Crippen molar-refractivity contribution in [1.82, 2.24) is 4.98 Å². The van der Waals surface area contributed by atoms with Gasteiger partial charge in [-0.15, -0.1) is 0 Å². The second-order valence-corrected chi connectivity index (χ2v) is 6.47. The molecule has 0 saturated heterocycles. The van der Waals surface area contributed by atoms with Gasteiger partial charge in [0, 0.05) is 6.92 Å². The van der Waals surface area contributed by atoms with Gasteiger partial charge in [-0.2, -0.15) is 13.2 Å². The van der Waals surface area contributed by atoms with Gasteiger partial charge in [-0.05, 0) is 34.1 Å². The summed E-state index contributed by atoms with van der Waals surface area (Å²) in [6, 6.07) is 4.34. The van der Waals surface area contributed by atoms with E-state index >= 15 is 0 Å². The molecule has 0 N–H and O–H groups in total. The van der Waals surface area contributed by atoms with Gasteiger partial charge in [0.25, 0.3) is 0 Å². The summed E-state index contributed by atoms with van der Waals surface area (Å²) in [5, 5.41) is 0.112. The van der Waals surface area contributed by atoms with Crippen molar-refractivity contribution in [1.29, 1.82) is 0 Å². The van der Waals surface area contributed by atoms with Crippen molar-refractivity contribution in [2.24, 2.45) is 0 Å². The Morgan fingerprint density at radius 1 is 1.41 bits per heavy atom. The molecule has 0 radical (unpaired) electrons. The summed E-state index contributed by atoms with van der Waals surface area (Å²) in [7, 11) is 0. The molecule has 2 aromatic rings. The number of hydrogen-bond donors (Lipinski definition) is 0. The zero-order valence-corrected chi connectivity index (χ0v) is 13.4. The number of amides is 1. The van der Waals surface area contributed by atoms with E-state index in [4.69, 9.17) is 0 Å². The van der Waals surface area contributed by atoms with Gasteiger partial charge in [-0.25, -0.2) is 4.98 Å². The molecular weight excluding hydrogens is 385 g/mol. The molecule has 0 fully saturated rings. The Hall–Kier alpha value is -1.74. The highest BCUT2D eigenvalue weighted by molar-refractivity contribution is 9.11. The quantitative estimate of drug-likeness (QED) is 0.726. The van der Waals surface area contributed by atoms with Crippen LogP contribution in [0.25, 0.3) is 0 Å². The minimum absolute atomic E-state index is 0.0287. The Labute approximate surface area is 135 Å². The maximum Gasteiger partial charge on any atom is 0.416 e. The topological polar surface area (TPSA) is 50.3 Å². The molecule has 4 nitrogen and oxygen atoms in total. The van der Waals surface area contributed by atoms with Crippen LogP contribution in [0.2, 0.25) is 0 Å². The normalized spacial score (nSPS) is 11.3. The molecule has 116 valence electrons. The van der Waals surface area contributed by atoms with E-state index in [9.17, 15) is 22.8 Å². The minimum atomic E-state index is -4.52. The van der Waals surface area contributed by atoms with Crippen LogP contribution in [-0.2, 0) is 11.0 Å². The van der Waals surface area contributed by atoms with E-state index in [1.54, 1.807) is 0 Å². The molecule has 0 atom stereocenters. The molecular formula is C13H8BrF3N2O2S. The van der Waals surface area contributed by atoms with Crippen molar-refractivity contribution >= 4 is 50.3 Å². The van der Waals surface area contributed by atoms with E-state index in [0.717, 1.165) is 28.4 Å². The van der Waals surface area contributed by atoms with Crippen molar-refractivity contribution in [3.05, 3.63) is 39.3 Å². The fourth-order valence-corrected chi connectivity index (χ4v) is 3.16. The van der Waals surface area contributed by atoms with Crippen molar-refractivity contribution in [3.63, 3.8) is 0 Å². The van der Waals surface area contributed by atoms with Crippen molar-refractivity contribution in [2.75, 3.05) is 4.90 Å². The highest BCUT2D eigenvalue weighted by atomic mass is 79.9. The number of carbonyl (C=O) groups is 2. The third kappa shape index (κ3) is 3.36. The van der Waals surface area contributed by atoms with Crippen LogP contribution >= 0.6 is 27.3 Å². The summed E-state index contributed by atoms with van der Waals surface area (Å²) in [4.78, 5) is 27.6. The maximum absolute atomic E-state index is 12.8. The summed E-state index contributed by atoms with van der Waals surface area (Å²) in [5.41, 5.74) is -0.762. The lowest BCUT2D eigenvalue weighted by atomic mass is 10.2. The lowest BCUT2D eigenvalue weighted by Gasteiger charge is -2.19. The number of thiazole rings is 1. The number of nitrogens with zero attached hydrogens (tertiary/aromatic N) is 2. The lowest BCUT2D eigenvalue weighted by Crippen LogP contribution is -2.23. The molecule has 0 bridgehead atoms. The van der Waals surface area contributed by atoms with Crippen LogP contribution in [0, 0.1) is 0 Å². The van der Waals surface area contributed by atoms with Gasteiger partial charge in [0.1, 0.15) is 9.48 Å². The van der Waals surface area contributed by atoms with Crippen LogP contribution < -0.4 is 4.90 Å². The molecule has 2 rings (SSSR count). The number of rotatable bonds is 3. The number of carbonyl (C=O) groups excluding carboxylic acids is 2. The van der Waals surface area contributed by atoms with Crippen LogP contribution in [-0.4, -0.2) is 17.2 Å². The van der Waals surface area contributed by atoms with Crippen LogP contribution in [0.5, 0.6) is 0 Å². The monoisotopic (exact) mass is 392 g/mol. The summed E-state index contributed by atoms with van der Waals surface area (Å²) in [6.07, 6.45) is -4.02. The van der Waals surface area contributed by atoms with Crippen LogP contribution in [0.15, 0.2) is 28.1 Å². The Morgan fingerprint density at radius 2 is 2.09 bits per heavy atom. The van der Waals surface area contributed by atoms with E-state index < -0.39 is 17.6 Å². The second-order valence-electron chi connectivity index (χ2n) is 4.18. The highest BCUT2D eigenvalue weighted by Crippen LogP contribution is 2.37. The van der Waals surface area contributed by atoms with Gasteiger partial charge in [0.15, 0.2) is 11.4 Å². The number of benzene rings is 1. The van der Waals surface area contributed by atoms with Crippen molar-refractivity contribution < 1.29 is 22.8 Å². The number of halogens is 4. The molecule has 0 saturated carbocycles. The van der Waals surface area contributed by atoms with Gasteiger partial charge in [0.05, 0.1) is 11.3 Å². The Bertz CT molecular complexity index is 730. The smallest absolute Gasteiger partial charge is 0.296 e. The van der Waals surface area contributed by atoms with E-state index in [0.29, 0.717) is 10.1 Å². The van der Waals surface area contributed by atoms with Gasteiger partial charge < -0.3 is 0 Å².